The summed E-state index contributed by atoms with van der Waals surface area (Å²) in [5.74, 6) is 1.11. The minimum absolute atomic E-state index is 0.165. The second-order valence-corrected chi connectivity index (χ2v) is 6.05. The van der Waals surface area contributed by atoms with E-state index in [1.165, 1.54) is 0 Å². The van der Waals surface area contributed by atoms with Crippen LogP contribution in [0.3, 0.4) is 0 Å². The molecule has 3 rings (SSSR count). The molecule has 2 aromatic rings. The van der Waals surface area contributed by atoms with E-state index < -0.39 is 11.9 Å². The standard InChI is InChI=1S/C20H21NO6/c1-14-4-2-5-16(10-14)24-9-3-6-20(23)25-12-19(22)21-15-7-8-17-18(11-15)27-13-26-17/h2,4-5,7-8,10-11H,3,6,9,12-13H2,1H3,(H,21,22). The van der Waals surface area contributed by atoms with Crippen LogP contribution in [-0.2, 0) is 14.3 Å². The van der Waals surface area contributed by atoms with Crippen molar-refractivity contribution in [2.75, 3.05) is 25.3 Å². The summed E-state index contributed by atoms with van der Waals surface area (Å²) in [5, 5.41) is 2.64. The summed E-state index contributed by atoms with van der Waals surface area (Å²) in [6, 6.07) is 12.7. The third-order valence-corrected chi connectivity index (χ3v) is 3.80. The molecule has 1 amide bonds. The van der Waals surface area contributed by atoms with Crippen LogP contribution < -0.4 is 19.5 Å². The van der Waals surface area contributed by atoms with Gasteiger partial charge in [-0.15, -0.1) is 0 Å². The first-order valence-electron chi connectivity index (χ1n) is 8.65. The van der Waals surface area contributed by atoms with Crippen LogP contribution in [0.4, 0.5) is 5.69 Å². The van der Waals surface area contributed by atoms with E-state index in [4.69, 9.17) is 18.9 Å². The maximum atomic E-state index is 11.9. The summed E-state index contributed by atoms with van der Waals surface area (Å²) in [6.07, 6.45) is 0.694. The van der Waals surface area contributed by atoms with Crippen LogP contribution in [0.25, 0.3) is 0 Å². The van der Waals surface area contributed by atoms with Gasteiger partial charge in [0.25, 0.3) is 5.91 Å². The van der Waals surface area contributed by atoms with Crippen LogP contribution in [0.1, 0.15) is 18.4 Å². The van der Waals surface area contributed by atoms with E-state index in [9.17, 15) is 9.59 Å². The number of ether oxygens (including phenoxy) is 4. The molecule has 0 unspecified atom stereocenters. The second-order valence-electron chi connectivity index (χ2n) is 6.05. The molecule has 0 bridgehead atoms. The SMILES string of the molecule is Cc1cccc(OCCCC(=O)OCC(=O)Nc2ccc3c(c2)OCO3)c1. The molecule has 0 saturated carbocycles. The average Bonchev–Trinajstić information content (AvgIpc) is 3.11. The lowest BCUT2D eigenvalue weighted by atomic mass is 10.2. The molecule has 7 heteroatoms. The third kappa shape index (κ3) is 5.64. The van der Waals surface area contributed by atoms with Crippen molar-refractivity contribution >= 4 is 17.6 Å². The fraction of sp³-hybridized carbons (Fsp3) is 0.300. The van der Waals surface area contributed by atoms with Crippen molar-refractivity contribution in [2.24, 2.45) is 0 Å². The first kappa shape index (κ1) is 18.6. The number of nitrogens with one attached hydrogen (secondary N) is 1. The summed E-state index contributed by atoms with van der Waals surface area (Å²) in [5.41, 5.74) is 1.66. The molecule has 0 spiro atoms. The van der Waals surface area contributed by atoms with E-state index in [1.807, 2.05) is 31.2 Å². The highest BCUT2D eigenvalue weighted by Crippen LogP contribution is 2.34. The van der Waals surface area contributed by atoms with Crippen molar-refractivity contribution in [1.82, 2.24) is 0 Å². The smallest absolute Gasteiger partial charge is 0.306 e. The van der Waals surface area contributed by atoms with Gasteiger partial charge in [0.15, 0.2) is 18.1 Å². The van der Waals surface area contributed by atoms with Crippen molar-refractivity contribution in [2.45, 2.75) is 19.8 Å². The number of benzene rings is 2. The molecule has 7 nitrogen and oxygen atoms in total. The summed E-state index contributed by atoms with van der Waals surface area (Å²) in [4.78, 5) is 23.6. The molecule has 2 aromatic carbocycles. The Kier molecular flexibility index (Phi) is 6.14. The zero-order chi connectivity index (χ0) is 19.1. The predicted molar refractivity (Wildman–Crippen MR) is 98.1 cm³/mol. The maximum absolute atomic E-state index is 11.9. The molecule has 0 fully saturated rings. The molecule has 0 atom stereocenters. The second kappa shape index (κ2) is 8.93. The van der Waals surface area contributed by atoms with Gasteiger partial charge >= 0.3 is 5.97 Å². The van der Waals surface area contributed by atoms with E-state index in [0.29, 0.717) is 30.2 Å². The molecule has 1 N–H and O–H groups in total. The van der Waals surface area contributed by atoms with Gasteiger partial charge in [0.05, 0.1) is 6.61 Å². The number of fused-ring (bicyclic) bond motifs is 1. The van der Waals surface area contributed by atoms with Crippen LogP contribution in [0.2, 0.25) is 0 Å². The number of carbonyl (C=O) groups is 2. The van der Waals surface area contributed by atoms with Crippen molar-refractivity contribution in [3.05, 3.63) is 48.0 Å². The minimum Gasteiger partial charge on any atom is -0.494 e. The van der Waals surface area contributed by atoms with E-state index in [0.717, 1.165) is 11.3 Å². The third-order valence-electron chi connectivity index (χ3n) is 3.80. The largest absolute Gasteiger partial charge is 0.494 e. The molecule has 0 radical (unpaired) electrons. The Morgan fingerprint density at radius 1 is 1.11 bits per heavy atom. The summed E-state index contributed by atoms with van der Waals surface area (Å²) in [7, 11) is 0. The molecule has 27 heavy (non-hydrogen) atoms. The summed E-state index contributed by atoms with van der Waals surface area (Å²) in [6.45, 7) is 2.21. The molecule has 0 aliphatic carbocycles. The van der Waals surface area contributed by atoms with E-state index >= 15 is 0 Å². The molecule has 0 aromatic heterocycles. The fourth-order valence-electron chi connectivity index (χ4n) is 2.50. The lowest BCUT2D eigenvalue weighted by molar-refractivity contribution is -0.147. The van der Waals surface area contributed by atoms with Gasteiger partial charge in [0.2, 0.25) is 6.79 Å². The molecule has 1 aliphatic rings. The molecule has 1 aliphatic heterocycles. The van der Waals surface area contributed by atoms with Gasteiger partial charge in [-0.05, 0) is 43.2 Å². The zero-order valence-electron chi connectivity index (χ0n) is 15.0. The Morgan fingerprint density at radius 3 is 2.81 bits per heavy atom. The van der Waals surface area contributed by atoms with Crippen molar-refractivity contribution in [1.29, 1.82) is 0 Å². The number of anilines is 1. The van der Waals surface area contributed by atoms with E-state index in [1.54, 1.807) is 18.2 Å². The fourth-order valence-corrected chi connectivity index (χ4v) is 2.50. The zero-order valence-corrected chi connectivity index (χ0v) is 15.0. The van der Waals surface area contributed by atoms with Crippen molar-refractivity contribution < 1.29 is 28.5 Å². The van der Waals surface area contributed by atoms with Crippen LogP contribution in [-0.4, -0.2) is 31.9 Å². The normalized spacial score (nSPS) is 11.7. The summed E-state index contributed by atoms with van der Waals surface area (Å²) < 4.78 is 21.0. The van der Waals surface area contributed by atoms with E-state index in [-0.39, 0.29) is 19.8 Å². The minimum atomic E-state index is -0.441. The Balaban J connectivity index is 1.32. The monoisotopic (exact) mass is 371 g/mol. The number of amides is 1. The van der Waals surface area contributed by atoms with Gasteiger partial charge in [-0.25, -0.2) is 0 Å². The summed E-state index contributed by atoms with van der Waals surface area (Å²) >= 11 is 0. The molecule has 0 saturated heterocycles. The Morgan fingerprint density at radius 2 is 1.96 bits per heavy atom. The first-order valence-corrected chi connectivity index (χ1v) is 8.65. The lowest BCUT2D eigenvalue weighted by Gasteiger charge is -2.08. The highest BCUT2D eigenvalue weighted by atomic mass is 16.7. The molecular formula is C20H21NO6. The maximum Gasteiger partial charge on any atom is 0.306 e. The van der Waals surface area contributed by atoms with E-state index in [2.05, 4.69) is 5.32 Å². The Bertz CT molecular complexity index is 820. The first-order chi connectivity index (χ1) is 13.1. The van der Waals surface area contributed by atoms with Gasteiger partial charge in [0, 0.05) is 18.2 Å². The quantitative estimate of drug-likeness (QED) is 0.567. The highest BCUT2D eigenvalue weighted by Gasteiger charge is 2.14. The van der Waals surface area contributed by atoms with Crippen LogP contribution in [0.5, 0.6) is 17.2 Å². The molecule has 142 valence electrons. The number of rotatable bonds is 8. The number of carbonyl (C=O) groups excluding carboxylic acids is 2. The Labute approximate surface area is 157 Å². The van der Waals surface area contributed by atoms with Gasteiger partial charge in [-0.3, -0.25) is 9.59 Å². The van der Waals surface area contributed by atoms with Crippen LogP contribution in [0, 0.1) is 6.92 Å². The number of esters is 1. The van der Waals surface area contributed by atoms with Crippen molar-refractivity contribution in [3.63, 3.8) is 0 Å². The lowest BCUT2D eigenvalue weighted by Crippen LogP contribution is -2.21. The van der Waals surface area contributed by atoms with Crippen molar-refractivity contribution in [3.8, 4) is 17.2 Å². The van der Waals surface area contributed by atoms with Gasteiger partial charge in [-0.2, -0.15) is 0 Å². The topological polar surface area (TPSA) is 83.1 Å². The molecule has 1 heterocycles. The van der Waals surface area contributed by atoms with Gasteiger partial charge in [-0.1, -0.05) is 12.1 Å². The molecular weight excluding hydrogens is 350 g/mol. The average molecular weight is 371 g/mol. The Hall–Kier alpha value is -3.22. The van der Waals surface area contributed by atoms with Gasteiger partial charge < -0.3 is 24.3 Å². The van der Waals surface area contributed by atoms with Crippen LogP contribution >= 0.6 is 0 Å². The number of aryl methyl sites for hydroxylation is 1. The number of hydrogen-bond acceptors (Lipinski definition) is 6. The highest BCUT2D eigenvalue weighted by molar-refractivity contribution is 5.93. The van der Waals surface area contributed by atoms with Crippen LogP contribution in [0.15, 0.2) is 42.5 Å². The predicted octanol–water partition coefficient (Wildman–Crippen LogP) is 3.06. The van der Waals surface area contributed by atoms with Gasteiger partial charge in [0.1, 0.15) is 5.75 Å². The number of hydrogen-bond donors (Lipinski definition) is 1.